The maximum absolute atomic E-state index is 13.3. The number of benzene rings is 2. The van der Waals surface area contributed by atoms with Crippen LogP contribution >= 0.6 is 0 Å². The van der Waals surface area contributed by atoms with Crippen LogP contribution in [0.4, 0.5) is 41.9 Å². The number of halogens is 3. The third kappa shape index (κ3) is 4.41. The fraction of sp³-hybridized carbons (Fsp3) is 0.238. The van der Waals surface area contributed by atoms with Gasteiger partial charge in [0.25, 0.3) is 0 Å². The number of nitrogens with one attached hydrogen (secondary N) is 1. The van der Waals surface area contributed by atoms with Gasteiger partial charge in [0.1, 0.15) is 6.33 Å². The lowest BCUT2D eigenvalue weighted by atomic mass is 10.1. The molecule has 11 heteroatoms. The number of nitro groups is 1. The molecule has 3 aromatic rings. The van der Waals surface area contributed by atoms with Crippen molar-refractivity contribution in [2.75, 3.05) is 41.3 Å². The maximum atomic E-state index is 13.3. The van der Waals surface area contributed by atoms with E-state index in [0.29, 0.717) is 26.2 Å². The van der Waals surface area contributed by atoms with Crippen molar-refractivity contribution in [3.63, 3.8) is 0 Å². The van der Waals surface area contributed by atoms with Gasteiger partial charge in [0.05, 0.1) is 16.2 Å². The monoisotopic (exact) mass is 444 g/mol. The van der Waals surface area contributed by atoms with Crippen LogP contribution in [0.15, 0.2) is 60.9 Å². The molecule has 1 fully saturated rings. The summed E-state index contributed by atoms with van der Waals surface area (Å²) in [7, 11) is 0. The van der Waals surface area contributed by atoms with Gasteiger partial charge in [0.2, 0.25) is 11.6 Å². The highest BCUT2D eigenvalue weighted by molar-refractivity contribution is 5.75. The van der Waals surface area contributed by atoms with Crippen molar-refractivity contribution in [3.05, 3.63) is 76.6 Å². The van der Waals surface area contributed by atoms with E-state index in [1.54, 1.807) is 4.90 Å². The number of rotatable bonds is 5. The highest BCUT2D eigenvalue weighted by Crippen LogP contribution is 2.39. The SMILES string of the molecule is O=[N+]([O-])c1c(Nc2ccccc2C(F)(F)F)ncnc1N1CCN(c2ccccc2)CC1. The largest absolute Gasteiger partial charge is 0.418 e. The Bertz CT molecular complexity index is 1100. The topological polar surface area (TPSA) is 87.4 Å². The summed E-state index contributed by atoms with van der Waals surface area (Å²) < 4.78 is 40.0. The molecule has 0 radical (unpaired) electrons. The van der Waals surface area contributed by atoms with Crippen molar-refractivity contribution in [1.82, 2.24) is 9.97 Å². The number of anilines is 4. The normalized spacial score (nSPS) is 14.3. The maximum Gasteiger partial charge on any atom is 0.418 e. The summed E-state index contributed by atoms with van der Waals surface area (Å²) in [4.78, 5) is 23.1. The highest BCUT2D eigenvalue weighted by Gasteiger charge is 2.35. The molecule has 0 unspecified atom stereocenters. The van der Waals surface area contributed by atoms with Crippen molar-refractivity contribution in [2.24, 2.45) is 0 Å². The molecule has 0 bridgehead atoms. The zero-order valence-corrected chi connectivity index (χ0v) is 16.8. The molecule has 166 valence electrons. The molecule has 1 N–H and O–H groups in total. The van der Waals surface area contributed by atoms with E-state index in [2.05, 4.69) is 20.2 Å². The number of nitrogens with zero attached hydrogens (tertiary/aromatic N) is 5. The van der Waals surface area contributed by atoms with Crippen LogP contribution in [-0.4, -0.2) is 41.1 Å². The van der Waals surface area contributed by atoms with Crippen LogP contribution in [0.1, 0.15) is 5.56 Å². The van der Waals surface area contributed by atoms with Gasteiger partial charge in [0.15, 0.2) is 0 Å². The smallest absolute Gasteiger partial charge is 0.368 e. The molecule has 1 saturated heterocycles. The Morgan fingerprint density at radius 3 is 2.19 bits per heavy atom. The number of piperazine rings is 1. The predicted octanol–water partition coefficient (Wildman–Crippen LogP) is 4.47. The van der Waals surface area contributed by atoms with Crippen molar-refractivity contribution >= 4 is 28.7 Å². The zero-order valence-electron chi connectivity index (χ0n) is 16.8. The number of alkyl halides is 3. The molecule has 4 rings (SSSR count). The van der Waals surface area contributed by atoms with Gasteiger partial charge in [0, 0.05) is 31.9 Å². The van der Waals surface area contributed by atoms with E-state index in [1.165, 1.54) is 18.2 Å². The Hall–Kier alpha value is -3.89. The molecule has 2 aromatic carbocycles. The zero-order chi connectivity index (χ0) is 22.7. The van der Waals surface area contributed by atoms with E-state index in [1.807, 2.05) is 30.3 Å². The Balaban J connectivity index is 1.61. The van der Waals surface area contributed by atoms with Crippen molar-refractivity contribution < 1.29 is 18.1 Å². The molecule has 0 aliphatic carbocycles. The molecule has 0 atom stereocenters. The summed E-state index contributed by atoms with van der Waals surface area (Å²) in [6.45, 7) is 2.16. The Kier molecular flexibility index (Phi) is 5.80. The molecule has 1 aliphatic rings. The van der Waals surface area contributed by atoms with Crippen molar-refractivity contribution in [2.45, 2.75) is 6.18 Å². The number of hydrogen-bond donors (Lipinski definition) is 1. The summed E-state index contributed by atoms with van der Waals surface area (Å²) in [5, 5.41) is 14.4. The van der Waals surface area contributed by atoms with Gasteiger partial charge >= 0.3 is 11.9 Å². The average Bonchev–Trinajstić information content (AvgIpc) is 2.79. The van der Waals surface area contributed by atoms with Crippen LogP contribution < -0.4 is 15.1 Å². The number of hydrogen-bond acceptors (Lipinski definition) is 7. The van der Waals surface area contributed by atoms with E-state index < -0.39 is 22.4 Å². The van der Waals surface area contributed by atoms with Gasteiger partial charge in [-0.3, -0.25) is 10.1 Å². The van der Waals surface area contributed by atoms with Gasteiger partial charge in [-0.05, 0) is 24.3 Å². The summed E-state index contributed by atoms with van der Waals surface area (Å²) in [6.07, 6.45) is -3.51. The summed E-state index contributed by atoms with van der Waals surface area (Å²) in [5.41, 5.74) is -0.666. The summed E-state index contributed by atoms with van der Waals surface area (Å²) in [6, 6.07) is 14.5. The van der Waals surface area contributed by atoms with Crippen LogP contribution in [-0.2, 0) is 6.18 Å². The fourth-order valence-electron chi connectivity index (χ4n) is 3.64. The first-order chi connectivity index (χ1) is 15.3. The van der Waals surface area contributed by atoms with E-state index >= 15 is 0 Å². The first kappa shape index (κ1) is 21.3. The number of para-hydroxylation sites is 2. The lowest BCUT2D eigenvalue weighted by Crippen LogP contribution is -2.47. The molecule has 8 nitrogen and oxygen atoms in total. The second-order valence-electron chi connectivity index (χ2n) is 7.13. The average molecular weight is 444 g/mol. The molecular formula is C21H19F3N6O2. The minimum atomic E-state index is -4.62. The fourth-order valence-corrected chi connectivity index (χ4v) is 3.64. The Morgan fingerprint density at radius 1 is 0.906 bits per heavy atom. The van der Waals surface area contributed by atoms with Crippen LogP contribution in [0.2, 0.25) is 0 Å². The van der Waals surface area contributed by atoms with Crippen molar-refractivity contribution in [3.8, 4) is 0 Å². The minimum absolute atomic E-state index is 0.0738. The third-order valence-corrected chi connectivity index (χ3v) is 5.17. The molecule has 0 amide bonds. The van der Waals surface area contributed by atoms with E-state index in [9.17, 15) is 23.3 Å². The Labute approximate surface area is 181 Å². The molecule has 0 spiro atoms. The van der Waals surface area contributed by atoms with Gasteiger partial charge in [-0.25, -0.2) is 9.97 Å². The van der Waals surface area contributed by atoms with Gasteiger partial charge in [-0.15, -0.1) is 0 Å². The van der Waals surface area contributed by atoms with Gasteiger partial charge in [-0.2, -0.15) is 13.2 Å². The van der Waals surface area contributed by atoms with E-state index in [-0.39, 0.29) is 17.3 Å². The lowest BCUT2D eigenvalue weighted by Gasteiger charge is -2.36. The summed E-state index contributed by atoms with van der Waals surface area (Å²) >= 11 is 0. The summed E-state index contributed by atoms with van der Waals surface area (Å²) in [5.74, 6) is -0.216. The van der Waals surface area contributed by atoms with Gasteiger partial charge < -0.3 is 15.1 Å². The molecule has 2 heterocycles. The van der Waals surface area contributed by atoms with Crippen molar-refractivity contribution in [1.29, 1.82) is 0 Å². The molecular weight excluding hydrogens is 425 g/mol. The van der Waals surface area contributed by atoms with Crippen LogP contribution in [0.3, 0.4) is 0 Å². The molecule has 32 heavy (non-hydrogen) atoms. The third-order valence-electron chi connectivity index (χ3n) is 5.17. The van der Waals surface area contributed by atoms with Crippen LogP contribution in [0.25, 0.3) is 0 Å². The Morgan fingerprint density at radius 2 is 1.53 bits per heavy atom. The van der Waals surface area contributed by atoms with Gasteiger partial charge in [-0.1, -0.05) is 30.3 Å². The number of aromatic nitrogens is 2. The lowest BCUT2D eigenvalue weighted by molar-refractivity contribution is -0.383. The van der Waals surface area contributed by atoms with Crippen LogP contribution in [0.5, 0.6) is 0 Å². The standard InChI is InChI=1S/C21H19F3N6O2/c22-21(23,24)16-8-4-5-9-17(16)27-19-18(30(31)32)20(26-14-25-19)29-12-10-28(11-13-29)15-6-2-1-3-7-15/h1-9,14H,10-13H2,(H,25,26,27). The predicted molar refractivity (Wildman–Crippen MR) is 114 cm³/mol. The first-order valence-electron chi connectivity index (χ1n) is 9.82. The molecule has 1 aromatic heterocycles. The van der Waals surface area contributed by atoms with E-state index in [4.69, 9.17) is 0 Å². The highest BCUT2D eigenvalue weighted by atomic mass is 19.4. The minimum Gasteiger partial charge on any atom is -0.368 e. The quantitative estimate of drug-likeness (QED) is 0.459. The second-order valence-corrected chi connectivity index (χ2v) is 7.13. The van der Waals surface area contributed by atoms with Crippen LogP contribution in [0, 0.1) is 10.1 Å². The molecule has 0 saturated carbocycles. The first-order valence-corrected chi connectivity index (χ1v) is 9.82. The second kappa shape index (κ2) is 8.69. The molecule has 1 aliphatic heterocycles. The van der Waals surface area contributed by atoms with E-state index in [0.717, 1.165) is 18.1 Å².